The predicted octanol–water partition coefficient (Wildman–Crippen LogP) is 3.15. The molecule has 1 aliphatic carbocycles. The monoisotopic (exact) mass is 358 g/mol. The maximum Gasteiger partial charge on any atom is 0.311 e. The summed E-state index contributed by atoms with van der Waals surface area (Å²) in [5.74, 6) is -1.85. The lowest BCUT2D eigenvalue weighted by molar-refractivity contribution is -0.384. The van der Waals surface area contributed by atoms with E-state index in [1.54, 1.807) is 0 Å². The Morgan fingerprint density at radius 1 is 1.42 bits per heavy atom. The number of hydrogen-bond donors (Lipinski definition) is 1. The number of aromatic nitrogens is 1. The molecule has 3 rings (SSSR count). The van der Waals surface area contributed by atoms with Crippen LogP contribution >= 0.6 is 0 Å². The van der Waals surface area contributed by atoms with E-state index >= 15 is 0 Å². The molecule has 1 aromatic heterocycles. The highest BCUT2D eigenvalue weighted by Crippen LogP contribution is 2.37. The van der Waals surface area contributed by atoms with Crippen molar-refractivity contribution in [3.63, 3.8) is 0 Å². The van der Waals surface area contributed by atoms with E-state index in [0.717, 1.165) is 0 Å². The lowest BCUT2D eigenvalue weighted by atomic mass is 9.75. The number of aliphatic carboxylic acids is 1. The van der Waals surface area contributed by atoms with Gasteiger partial charge in [0.05, 0.1) is 22.1 Å². The molecule has 0 saturated carbocycles. The zero-order chi connectivity index (χ0) is 19.1. The summed E-state index contributed by atoms with van der Waals surface area (Å²) < 4.78 is 5.30. The van der Waals surface area contributed by atoms with Gasteiger partial charge in [-0.1, -0.05) is 31.1 Å². The first-order valence-electron chi connectivity index (χ1n) is 8.16. The Morgan fingerprint density at radius 3 is 2.81 bits per heavy atom. The molecule has 0 aliphatic heterocycles. The number of carboxylic acid groups (broad SMARTS) is 1. The van der Waals surface area contributed by atoms with Gasteiger partial charge < -0.3 is 9.63 Å². The SMILES string of the molecule is CC1(C)CC(=O)c2c(CC(C(=O)O)c3cccc([N+](=O)[O-])c3)noc2C1. The third-order valence-electron chi connectivity index (χ3n) is 4.57. The van der Waals surface area contributed by atoms with Gasteiger partial charge in [-0.3, -0.25) is 19.7 Å². The minimum Gasteiger partial charge on any atom is -0.481 e. The van der Waals surface area contributed by atoms with Gasteiger partial charge in [0, 0.05) is 31.4 Å². The van der Waals surface area contributed by atoms with Gasteiger partial charge in [0.2, 0.25) is 0 Å². The third kappa shape index (κ3) is 3.35. The molecule has 1 aromatic carbocycles. The molecule has 0 radical (unpaired) electrons. The second-order valence-corrected chi connectivity index (χ2v) is 7.32. The first kappa shape index (κ1) is 17.8. The Balaban J connectivity index is 1.95. The van der Waals surface area contributed by atoms with Crippen LogP contribution in [0.15, 0.2) is 28.8 Å². The summed E-state index contributed by atoms with van der Waals surface area (Å²) in [7, 11) is 0. The first-order chi connectivity index (χ1) is 12.2. The van der Waals surface area contributed by atoms with Crippen molar-refractivity contribution in [2.45, 2.75) is 39.0 Å². The first-order valence-corrected chi connectivity index (χ1v) is 8.16. The highest BCUT2D eigenvalue weighted by Gasteiger charge is 2.37. The molecule has 0 fully saturated rings. The highest BCUT2D eigenvalue weighted by atomic mass is 16.6. The Hall–Kier alpha value is -3.03. The second kappa shape index (κ2) is 6.36. The smallest absolute Gasteiger partial charge is 0.311 e. The van der Waals surface area contributed by atoms with Crippen LogP contribution in [0.5, 0.6) is 0 Å². The molecule has 8 nitrogen and oxygen atoms in total. The van der Waals surface area contributed by atoms with E-state index in [1.807, 2.05) is 13.8 Å². The van der Waals surface area contributed by atoms with Crippen LogP contribution in [0.25, 0.3) is 0 Å². The lowest BCUT2D eigenvalue weighted by Gasteiger charge is -2.26. The molecule has 0 amide bonds. The highest BCUT2D eigenvalue weighted by molar-refractivity contribution is 5.99. The number of hydrogen-bond acceptors (Lipinski definition) is 6. The van der Waals surface area contributed by atoms with Gasteiger partial charge >= 0.3 is 5.97 Å². The van der Waals surface area contributed by atoms with Crippen molar-refractivity contribution in [1.29, 1.82) is 0 Å². The van der Waals surface area contributed by atoms with E-state index in [2.05, 4.69) is 5.16 Å². The summed E-state index contributed by atoms with van der Waals surface area (Å²) in [6.07, 6.45) is 0.819. The molecule has 1 unspecified atom stereocenters. The molecule has 2 aromatic rings. The van der Waals surface area contributed by atoms with Crippen molar-refractivity contribution in [3.8, 4) is 0 Å². The Kier molecular flexibility index (Phi) is 4.35. The van der Waals surface area contributed by atoms with Crippen molar-refractivity contribution in [2.75, 3.05) is 0 Å². The van der Waals surface area contributed by atoms with E-state index in [-0.39, 0.29) is 28.9 Å². The third-order valence-corrected chi connectivity index (χ3v) is 4.57. The molecular formula is C18H18N2O6. The van der Waals surface area contributed by atoms with Gasteiger partial charge in [-0.05, 0) is 11.0 Å². The molecule has 136 valence electrons. The van der Waals surface area contributed by atoms with E-state index in [1.165, 1.54) is 24.3 Å². The predicted molar refractivity (Wildman–Crippen MR) is 90.1 cm³/mol. The number of non-ortho nitro benzene ring substituents is 1. The van der Waals surface area contributed by atoms with Crippen LogP contribution in [0.3, 0.4) is 0 Å². The largest absolute Gasteiger partial charge is 0.481 e. The Bertz CT molecular complexity index is 899. The molecule has 8 heteroatoms. The van der Waals surface area contributed by atoms with Gasteiger partial charge in [-0.2, -0.15) is 0 Å². The molecule has 1 N–H and O–H groups in total. The zero-order valence-corrected chi connectivity index (χ0v) is 14.4. The van der Waals surface area contributed by atoms with Gasteiger partial charge in [-0.15, -0.1) is 0 Å². The molecule has 0 bridgehead atoms. The lowest BCUT2D eigenvalue weighted by Crippen LogP contribution is -2.27. The molecule has 26 heavy (non-hydrogen) atoms. The Labute approximate surface area is 149 Å². The summed E-state index contributed by atoms with van der Waals surface area (Å²) in [5, 5.41) is 24.5. The average Bonchev–Trinajstić information content (AvgIpc) is 2.93. The molecule has 1 aliphatic rings. The van der Waals surface area contributed by atoms with Gasteiger partial charge in [0.1, 0.15) is 5.76 Å². The number of rotatable bonds is 5. The van der Waals surface area contributed by atoms with Crippen molar-refractivity contribution in [1.82, 2.24) is 5.16 Å². The fraction of sp³-hybridized carbons (Fsp3) is 0.389. The summed E-state index contributed by atoms with van der Waals surface area (Å²) in [6.45, 7) is 3.92. The van der Waals surface area contributed by atoms with Gasteiger partial charge in [0.25, 0.3) is 5.69 Å². The number of Topliss-reactive ketones (excluding diaryl/α,β-unsaturated/α-hetero) is 1. The van der Waals surface area contributed by atoms with E-state index in [9.17, 15) is 24.8 Å². The van der Waals surface area contributed by atoms with Crippen LogP contribution in [0, 0.1) is 15.5 Å². The minimum absolute atomic E-state index is 0.0680. The van der Waals surface area contributed by atoms with Crippen LogP contribution in [-0.2, 0) is 17.6 Å². The zero-order valence-electron chi connectivity index (χ0n) is 14.4. The van der Waals surface area contributed by atoms with Crippen molar-refractivity contribution in [2.24, 2.45) is 5.41 Å². The van der Waals surface area contributed by atoms with Crippen LogP contribution in [0.1, 0.15) is 53.6 Å². The number of carboxylic acids is 1. The van der Waals surface area contributed by atoms with Crippen LogP contribution in [0.4, 0.5) is 5.69 Å². The Morgan fingerprint density at radius 2 is 2.15 bits per heavy atom. The fourth-order valence-electron chi connectivity index (χ4n) is 3.36. The number of benzene rings is 1. The van der Waals surface area contributed by atoms with Crippen LogP contribution in [-0.4, -0.2) is 26.9 Å². The molecule has 0 saturated heterocycles. The van der Waals surface area contributed by atoms with Crippen molar-refractivity contribution in [3.05, 3.63) is 57.0 Å². The normalized spacial score (nSPS) is 16.8. The van der Waals surface area contributed by atoms with Gasteiger partial charge in [0.15, 0.2) is 5.78 Å². The van der Waals surface area contributed by atoms with Crippen LogP contribution in [0.2, 0.25) is 0 Å². The van der Waals surface area contributed by atoms with Crippen LogP contribution < -0.4 is 0 Å². The number of nitrogens with zero attached hydrogens (tertiary/aromatic N) is 2. The van der Waals surface area contributed by atoms with E-state index in [0.29, 0.717) is 29.9 Å². The van der Waals surface area contributed by atoms with E-state index in [4.69, 9.17) is 4.52 Å². The maximum absolute atomic E-state index is 12.5. The molecule has 0 spiro atoms. The number of ketones is 1. The second-order valence-electron chi connectivity index (χ2n) is 7.32. The molecule has 1 atom stereocenters. The maximum atomic E-state index is 12.5. The standard InChI is InChI=1S/C18H18N2O6/c1-18(2)8-14(21)16-13(19-26-15(16)9-18)7-12(17(22)23)10-4-3-5-11(6-10)20(24)25/h3-6,12H,7-9H2,1-2H3,(H,22,23). The van der Waals surface area contributed by atoms with Crippen molar-refractivity contribution < 1.29 is 24.1 Å². The number of carbonyl (C=O) groups is 2. The number of nitro groups is 1. The number of nitro benzene ring substituents is 1. The molecular weight excluding hydrogens is 340 g/mol. The summed E-state index contributed by atoms with van der Waals surface area (Å²) in [5.41, 5.74) is 0.522. The summed E-state index contributed by atoms with van der Waals surface area (Å²) in [4.78, 5) is 34.6. The molecule has 1 heterocycles. The van der Waals surface area contributed by atoms with E-state index < -0.39 is 16.8 Å². The average molecular weight is 358 g/mol. The number of fused-ring (bicyclic) bond motifs is 1. The number of carbonyl (C=O) groups excluding carboxylic acids is 1. The quantitative estimate of drug-likeness (QED) is 0.643. The summed E-state index contributed by atoms with van der Waals surface area (Å²) in [6, 6.07) is 5.49. The minimum atomic E-state index is -1.15. The topological polar surface area (TPSA) is 124 Å². The van der Waals surface area contributed by atoms with Gasteiger partial charge in [-0.25, -0.2) is 0 Å². The summed E-state index contributed by atoms with van der Waals surface area (Å²) >= 11 is 0. The fourth-order valence-corrected chi connectivity index (χ4v) is 3.36. The van der Waals surface area contributed by atoms with Crippen molar-refractivity contribution >= 4 is 17.4 Å².